The van der Waals surface area contributed by atoms with Crippen LogP contribution in [0.3, 0.4) is 0 Å². The molecule has 3 rings (SSSR count). The summed E-state index contributed by atoms with van der Waals surface area (Å²) in [5.41, 5.74) is 2.28. The largest absolute Gasteiger partial charge is 0.493 e. The third-order valence-corrected chi connectivity index (χ3v) is 5.29. The molecule has 0 atom stereocenters. The number of aryl methyl sites for hydroxylation is 1. The van der Waals surface area contributed by atoms with Gasteiger partial charge in [-0.05, 0) is 55.9 Å². The molecule has 29 heavy (non-hydrogen) atoms. The maximum absolute atomic E-state index is 12.6. The van der Waals surface area contributed by atoms with Crippen LogP contribution in [-0.2, 0) is 6.42 Å². The van der Waals surface area contributed by atoms with E-state index in [4.69, 9.17) is 9.47 Å². The number of anilines is 1. The molecule has 7 heteroatoms. The lowest BCUT2D eigenvalue weighted by Crippen LogP contribution is -2.35. The number of rotatable bonds is 7. The number of nitrogens with one attached hydrogen (secondary N) is 1. The van der Waals surface area contributed by atoms with Gasteiger partial charge in [0, 0.05) is 25.3 Å². The smallest absolute Gasteiger partial charge is 0.270 e. The summed E-state index contributed by atoms with van der Waals surface area (Å²) in [5.74, 6) is 2.58. The minimum Gasteiger partial charge on any atom is -0.493 e. The van der Waals surface area contributed by atoms with Crippen molar-refractivity contribution in [3.63, 3.8) is 0 Å². The van der Waals surface area contributed by atoms with Gasteiger partial charge in [0.05, 0.1) is 14.2 Å². The highest BCUT2D eigenvalue weighted by Crippen LogP contribution is 2.27. The number of ether oxygens (including phenoxy) is 2. The van der Waals surface area contributed by atoms with Crippen LogP contribution in [0, 0.1) is 12.8 Å². The Bertz CT molecular complexity index is 848. The van der Waals surface area contributed by atoms with Crippen LogP contribution in [0.15, 0.2) is 24.3 Å². The summed E-state index contributed by atoms with van der Waals surface area (Å²) >= 11 is 0. The van der Waals surface area contributed by atoms with E-state index >= 15 is 0 Å². The van der Waals surface area contributed by atoms with Gasteiger partial charge in [0.2, 0.25) is 5.95 Å². The van der Waals surface area contributed by atoms with Crippen molar-refractivity contribution in [1.29, 1.82) is 0 Å². The highest BCUT2D eigenvalue weighted by atomic mass is 16.5. The average Bonchev–Trinajstić information content (AvgIpc) is 2.73. The molecule has 156 valence electrons. The van der Waals surface area contributed by atoms with Crippen LogP contribution < -0.4 is 19.7 Å². The SMILES string of the molecule is COc1ccc(CCNC(=O)c2cc(C)nc(N3CCC(C)CC3)n2)cc1OC. The molecule has 2 aromatic rings. The predicted octanol–water partition coefficient (Wildman–Crippen LogP) is 3.01. The minimum atomic E-state index is -0.178. The zero-order chi connectivity index (χ0) is 20.8. The van der Waals surface area contributed by atoms with E-state index in [2.05, 4.69) is 27.1 Å². The van der Waals surface area contributed by atoms with Crippen molar-refractivity contribution >= 4 is 11.9 Å². The molecular formula is C22H30N4O3. The van der Waals surface area contributed by atoms with E-state index < -0.39 is 0 Å². The van der Waals surface area contributed by atoms with Crippen molar-refractivity contribution < 1.29 is 14.3 Å². The quantitative estimate of drug-likeness (QED) is 0.773. The van der Waals surface area contributed by atoms with E-state index in [1.54, 1.807) is 20.3 Å². The Balaban J connectivity index is 1.61. The van der Waals surface area contributed by atoms with E-state index in [0.717, 1.165) is 43.1 Å². The second-order valence-corrected chi connectivity index (χ2v) is 7.56. The lowest BCUT2D eigenvalue weighted by Gasteiger charge is -2.30. The van der Waals surface area contributed by atoms with Crippen LogP contribution in [0.25, 0.3) is 0 Å². The van der Waals surface area contributed by atoms with Gasteiger partial charge in [-0.1, -0.05) is 13.0 Å². The number of benzene rings is 1. The summed E-state index contributed by atoms with van der Waals surface area (Å²) in [5, 5.41) is 2.96. The fraction of sp³-hybridized carbons (Fsp3) is 0.500. The first kappa shape index (κ1) is 20.9. The number of hydrogen-bond acceptors (Lipinski definition) is 6. The number of piperidine rings is 1. The van der Waals surface area contributed by atoms with Crippen LogP contribution in [0.1, 0.15) is 41.5 Å². The van der Waals surface area contributed by atoms with Crippen molar-refractivity contribution in [3.05, 3.63) is 41.2 Å². The van der Waals surface area contributed by atoms with Gasteiger partial charge in [-0.3, -0.25) is 4.79 Å². The third-order valence-electron chi connectivity index (χ3n) is 5.29. The fourth-order valence-electron chi connectivity index (χ4n) is 3.47. The molecule has 7 nitrogen and oxygen atoms in total. The predicted molar refractivity (Wildman–Crippen MR) is 113 cm³/mol. The minimum absolute atomic E-state index is 0.178. The summed E-state index contributed by atoms with van der Waals surface area (Å²) in [7, 11) is 3.22. The van der Waals surface area contributed by atoms with Gasteiger partial charge in [-0.15, -0.1) is 0 Å². The Morgan fingerprint density at radius 3 is 2.55 bits per heavy atom. The molecule has 1 aliphatic rings. The summed E-state index contributed by atoms with van der Waals surface area (Å²) in [4.78, 5) is 23.9. The Morgan fingerprint density at radius 2 is 1.86 bits per heavy atom. The number of hydrogen-bond donors (Lipinski definition) is 1. The highest BCUT2D eigenvalue weighted by molar-refractivity contribution is 5.92. The Morgan fingerprint density at radius 1 is 1.14 bits per heavy atom. The Hall–Kier alpha value is -2.83. The average molecular weight is 399 g/mol. The number of carbonyl (C=O) groups is 1. The fourth-order valence-corrected chi connectivity index (χ4v) is 3.47. The molecule has 0 saturated carbocycles. The van der Waals surface area contributed by atoms with Crippen LogP contribution >= 0.6 is 0 Å². The van der Waals surface area contributed by atoms with E-state index in [0.29, 0.717) is 36.1 Å². The molecule has 0 unspecified atom stereocenters. The van der Waals surface area contributed by atoms with Crippen LogP contribution in [0.5, 0.6) is 11.5 Å². The summed E-state index contributed by atoms with van der Waals surface area (Å²) in [6, 6.07) is 7.50. The van der Waals surface area contributed by atoms with Crippen molar-refractivity contribution in [3.8, 4) is 11.5 Å². The van der Waals surface area contributed by atoms with E-state index in [1.807, 2.05) is 25.1 Å². The van der Waals surface area contributed by atoms with Crippen molar-refractivity contribution in [2.24, 2.45) is 5.92 Å². The van der Waals surface area contributed by atoms with E-state index in [-0.39, 0.29) is 5.91 Å². The lowest BCUT2D eigenvalue weighted by atomic mass is 10.00. The zero-order valence-electron chi connectivity index (χ0n) is 17.7. The normalized spacial score (nSPS) is 14.6. The number of aromatic nitrogens is 2. The van der Waals surface area contributed by atoms with Crippen LogP contribution in [0.4, 0.5) is 5.95 Å². The molecule has 0 spiro atoms. The van der Waals surface area contributed by atoms with Gasteiger partial charge in [-0.2, -0.15) is 0 Å². The molecule has 1 amide bonds. The molecule has 0 aliphatic carbocycles. The maximum Gasteiger partial charge on any atom is 0.270 e. The van der Waals surface area contributed by atoms with Gasteiger partial charge in [0.15, 0.2) is 11.5 Å². The molecule has 1 N–H and O–H groups in total. The highest BCUT2D eigenvalue weighted by Gasteiger charge is 2.20. The maximum atomic E-state index is 12.6. The van der Waals surface area contributed by atoms with Gasteiger partial charge in [0.1, 0.15) is 5.69 Å². The van der Waals surface area contributed by atoms with E-state index in [9.17, 15) is 4.79 Å². The number of methoxy groups -OCH3 is 2. The molecule has 1 fully saturated rings. The van der Waals surface area contributed by atoms with Gasteiger partial charge < -0.3 is 19.7 Å². The summed E-state index contributed by atoms with van der Waals surface area (Å²) in [6.45, 7) is 6.55. The lowest BCUT2D eigenvalue weighted by molar-refractivity contribution is 0.0949. The molecular weight excluding hydrogens is 368 g/mol. The monoisotopic (exact) mass is 398 g/mol. The molecule has 1 saturated heterocycles. The summed E-state index contributed by atoms with van der Waals surface area (Å²) in [6.07, 6.45) is 2.95. The van der Waals surface area contributed by atoms with Gasteiger partial charge in [0.25, 0.3) is 5.91 Å². The van der Waals surface area contributed by atoms with E-state index in [1.165, 1.54) is 0 Å². The molecule has 2 heterocycles. The van der Waals surface area contributed by atoms with Crippen molar-refractivity contribution in [1.82, 2.24) is 15.3 Å². The number of carbonyl (C=O) groups excluding carboxylic acids is 1. The second kappa shape index (κ2) is 9.58. The first-order valence-corrected chi connectivity index (χ1v) is 10.1. The standard InChI is InChI=1S/C22H30N4O3/c1-15-8-11-26(12-9-15)22-24-16(2)13-18(25-22)21(27)23-10-7-17-5-6-19(28-3)20(14-17)29-4/h5-6,13-15H,7-12H2,1-4H3,(H,23,27). The first-order valence-electron chi connectivity index (χ1n) is 10.1. The van der Waals surface area contributed by atoms with Crippen LogP contribution in [0.2, 0.25) is 0 Å². The Labute approximate surface area is 172 Å². The second-order valence-electron chi connectivity index (χ2n) is 7.56. The number of nitrogens with zero attached hydrogens (tertiary/aromatic N) is 3. The topological polar surface area (TPSA) is 76.6 Å². The van der Waals surface area contributed by atoms with Crippen molar-refractivity contribution in [2.45, 2.75) is 33.1 Å². The molecule has 1 aliphatic heterocycles. The zero-order valence-corrected chi connectivity index (χ0v) is 17.7. The number of amides is 1. The molecule has 0 bridgehead atoms. The van der Waals surface area contributed by atoms with Gasteiger partial charge >= 0.3 is 0 Å². The van der Waals surface area contributed by atoms with Gasteiger partial charge in [-0.25, -0.2) is 9.97 Å². The first-order chi connectivity index (χ1) is 14.0. The third kappa shape index (κ3) is 5.37. The summed E-state index contributed by atoms with van der Waals surface area (Å²) < 4.78 is 10.6. The van der Waals surface area contributed by atoms with Crippen molar-refractivity contribution in [2.75, 3.05) is 38.8 Å². The van der Waals surface area contributed by atoms with Crippen LogP contribution in [-0.4, -0.2) is 49.7 Å². The molecule has 1 aromatic heterocycles. The molecule has 0 radical (unpaired) electrons. The Kier molecular flexibility index (Phi) is 6.90. The molecule has 1 aromatic carbocycles.